The van der Waals surface area contributed by atoms with E-state index in [1.54, 1.807) is 18.2 Å². The monoisotopic (exact) mass is 514 g/mol. The molecular weight excluding hydrogens is 480 g/mol. The molecule has 0 saturated heterocycles. The number of nitrogens with two attached hydrogens (primary N) is 1. The van der Waals surface area contributed by atoms with Gasteiger partial charge in [0.05, 0.1) is 17.5 Å². The van der Waals surface area contributed by atoms with Gasteiger partial charge in [-0.25, -0.2) is 13.6 Å². The van der Waals surface area contributed by atoms with Gasteiger partial charge in [-0.05, 0) is 90.8 Å². The van der Waals surface area contributed by atoms with Crippen LogP contribution < -0.4 is 10.5 Å². The Morgan fingerprint density at radius 3 is 2.67 bits per heavy atom. The number of phenols is 1. The normalized spacial score (nSPS) is 31.2. The van der Waals surface area contributed by atoms with E-state index >= 15 is 0 Å². The number of esters is 1. The van der Waals surface area contributed by atoms with Crippen LogP contribution in [0.5, 0.6) is 5.75 Å². The van der Waals surface area contributed by atoms with E-state index in [4.69, 9.17) is 9.88 Å². The van der Waals surface area contributed by atoms with Crippen LogP contribution in [-0.4, -0.2) is 43.4 Å². The molecule has 3 unspecified atom stereocenters. The number of carbonyl (C=O) groups excluding carboxylic acids is 1. The van der Waals surface area contributed by atoms with Crippen molar-refractivity contribution < 1.29 is 28.2 Å². The highest BCUT2D eigenvalue weighted by molar-refractivity contribution is 7.89. The van der Waals surface area contributed by atoms with Gasteiger partial charge in [-0.15, -0.1) is 0 Å². The van der Waals surface area contributed by atoms with Crippen molar-refractivity contribution in [2.45, 2.75) is 68.6 Å². The first-order valence-corrected chi connectivity index (χ1v) is 14.1. The van der Waals surface area contributed by atoms with Gasteiger partial charge in [-0.1, -0.05) is 25.1 Å². The van der Waals surface area contributed by atoms with Crippen molar-refractivity contribution in [2.75, 3.05) is 6.54 Å². The third-order valence-corrected chi connectivity index (χ3v) is 9.68. The molecular formula is C27H34N2O6S. The summed E-state index contributed by atoms with van der Waals surface area (Å²) in [6, 6.07) is 11.9. The topological polar surface area (TPSA) is 139 Å². The first-order chi connectivity index (χ1) is 17.1. The number of primary sulfonamides is 1. The number of rotatable bonds is 6. The van der Waals surface area contributed by atoms with E-state index in [0.29, 0.717) is 30.6 Å². The molecule has 2 fully saturated rings. The number of benzene rings is 2. The summed E-state index contributed by atoms with van der Waals surface area (Å²) in [6.45, 7) is 2.52. The van der Waals surface area contributed by atoms with Gasteiger partial charge in [-0.2, -0.15) is 0 Å². The van der Waals surface area contributed by atoms with Crippen molar-refractivity contribution in [3.63, 3.8) is 0 Å². The summed E-state index contributed by atoms with van der Waals surface area (Å²) in [6.07, 6.45) is 3.19. The fraction of sp³-hybridized carbons (Fsp3) is 0.519. The molecule has 0 radical (unpaired) electrons. The van der Waals surface area contributed by atoms with Crippen LogP contribution >= 0.6 is 0 Å². The zero-order valence-corrected chi connectivity index (χ0v) is 21.2. The first kappa shape index (κ1) is 25.2. The summed E-state index contributed by atoms with van der Waals surface area (Å²) in [5, 5.41) is 29.0. The number of nitrogens with one attached hydrogen (secondary N) is 1. The summed E-state index contributed by atoms with van der Waals surface area (Å²) in [5.74, 6) is 1.02. The number of carbonyl (C=O) groups is 1. The van der Waals surface area contributed by atoms with Crippen molar-refractivity contribution in [1.82, 2.24) is 5.32 Å². The van der Waals surface area contributed by atoms with Crippen molar-refractivity contribution >= 4 is 16.0 Å². The van der Waals surface area contributed by atoms with Gasteiger partial charge in [-0.3, -0.25) is 4.79 Å². The second-order valence-electron chi connectivity index (χ2n) is 10.8. The maximum absolute atomic E-state index is 12.7. The van der Waals surface area contributed by atoms with Gasteiger partial charge in [0.15, 0.2) is 0 Å². The fourth-order valence-corrected chi connectivity index (χ4v) is 7.55. The molecule has 3 aliphatic carbocycles. The number of phenolic OH excluding ortho intramolecular Hbond substituents is 1. The maximum Gasteiger partial charge on any atom is 0.320 e. The molecule has 0 bridgehead atoms. The Bertz CT molecular complexity index is 1250. The van der Waals surface area contributed by atoms with Crippen LogP contribution in [0.4, 0.5) is 0 Å². The third-order valence-electron chi connectivity index (χ3n) is 8.75. The molecule has 2 saturated carbocycles. The fourth-order valence-electron chi connectivity index (χ4n) is 7.04. The average Bonchev–Trinajstić information content (AvgIpc) is 3.08. The molecule has 5 N–H and O–H groups in total. The summed E-state index contributed by atoms with van der Waals surface area (Å²) < 4.78 is 28.6. The van der Waals surface area contributed by atoms with Gasteiger partial charge >= 0.3 is 5.97 Å². The Hall–Kier alpha value is -2.46. The number of aliphatic hydroxyl groups is 1. The summed E-state index contributed by atoms with van der Waals surface area (Å²) in [7, 11) is -3.74. The lowest BCUT2D eigenvalue weighted by Crippen LogP contribution is -2.47. The largest absolute Gasteiger partial charge is 0.508 e. The van der Waals surface area contributed by atoms with Crippen LogP contribution in [0, 0.1) is 17.3 Å². The number of aliphatic hydroxyl groups excluding tert-OH is 1. The lowest BCUT2D eigenvalue weighted by atomic mass is 9.55. The number of aryl methyl sites for hydroxylation is 1. The Morgan fingerprint density at radius 2 is 1.94 bits per heavy atom. The number of fused-ring (bicyclic) bond motifs is 5. The molecule has 0 spiro atoms. The summed E-state index contributed by atoms with van der Waals surface area (Å²) in [5.41, 5.74) is 3.09. The quantitative estimate of drug-likeness (QED) is 0.435. The molecule has 2 aromatic rings. The molecule has 36 heavy (non-hydrogen) atoms. The molecule has 8 nitrogen and oxygen atoms in total. The molecule has 3 aliphatic rings. The van der Waals surface area contributed by atoms with E-state index in [1.165, 1.54) is 23.3 Å². The minimum absolute atomic E-state index is 0.0101. The molecule has 194 valence electrons. The van der Waals surface area contributed by atoms with Crippen LogP contribution in [0.15, 0.2) is 47.4 Å². The SMILES string of the molecule is C[C@]12CCC3c4ccc(O)cc4CCC3C1C[C@@H](O)[C@@H]2OC(=O)CNCc1ccc(S(N)(=O)=O)cc1. The molecule has 0 aromatic heterocycles. The third kappa shape index (κ3) is 4.65. The number of aromatic hydroxyl groups is 1. The number of sulfonamides is 1. The Balaban J connectivity index is 1.20. The van der Waals surface area contributed by atoms with E-state index in [-0.39, 0.29) is 22.8 Å². The second kappa shape index (κ2) is 9.45. The molecule has 2 aromatic carbocycles. The van der Waals surface area contributed by atoms with Crippen molar-refractivity contribution in [3.05, 3.63) is 59.2 Å². The summed E-state index contributed by atoms with van der Waals surface area (Å²) in [4.78, 5) is 12.7. The minimum Gasteiger partial charge on any atom is -0.508 e. The molecule has 5 rings (SSSR count). The highest BCUT2D eigenvalue weighted by Crippen LogP contribution is 2.61. The van der Waals surface area contributed by atoms with Gasteiger partial charge in [0.25, 0.3) is 0 Å². The minimum atomic E-state index is -3.74. The van der Waals surface area contributed by atoms with E-state index < -0.39 is 28.2 Å². The molecule has 9 heteroatoms. The van der Waals surface area contributed by atoms with Gasteiger partial charge in [0, 0.05) is 12.0 Å². The van der Waals surface area contributed by atoms with Gasteiger partial charge in [0.2, 0.25) is 10.0 Å². The van der Waals surface area contributed by atoms with E-state index in [9.17, 15) is 23.4 Å². The van der Waals surface area contributed by atoms with Crippen LogP contribution in [0.25, 0.3) is 0 Å². The predicted molar refractivity (Wildman–Crippen MR) is 134 cm³/mol. The van der Waals surface area contributed by atoms with Crippen molar-refractivity contribution in [3.8, 4) is 5.75 Å². The van der Waals surface area contributed by atoms with Crippen LogP contribution in [0.3, 0.4) is 0 Å². The number of hydrogen-bond acceptors (Lipinski definition) is 7. The zero-order chi connectivity index (χ0) is 25.7. The lowest BCUT2D eigenvalue weighted by molar-refractivity contribution is -0.162. The van der Waals surface area contributed by atoms with Crippen molar-refractivity contribution in [1.29, 1.82) is 0 Å². The Morgan fingerprint density at radius 1 is 1.19 bits per heavy atom. The van der Waals surface area contributed by atoms with Crippen LogP contribution in [0.2, 0.25) is 0 Å². The number of hydrogen-bond donors (Lipinski definition) is 4. The van der Waals surface area contributed by atoms with E-state index in [2.05, 4.69) is 18.3 Å². The smallest absolute Gasteiger partial charge is 0.320 e. The van der Waals surface area contributed by atoms with Crippen LogP contribution in [-0.2, 0) is 32.5 Å². The van der Waals surface area contributed by atoms with E-state index in [1.807, 2.05) is 6.07 Å². The second-order valence-corrected chi connectivity index (χ2v) is 12.4. The lowest BCUT2D eigenvalue weighted by Gasteiger charge is -2.50. The van der Waals surface area contributed by atoms with E-state index in [0.717, 1.165) is 31.2 Å². The highest BCUT2D eigenvalue weighted by atomic mass is 32.2. The Labute approximate surface area is 211 Å². The van der Waals surface area contributed by atoms with Gasteiger partial charge < -0.3 is 20.3 Å². The molecule has 0 amide bonds. The van der Waals surface area contributed by atoms with Crippen molar-refractivity contribution in [2.24, 2.45) is 22.4 Å². The molecule has 0 heterocycles. The molecule has 0 aliphatic heterocycles. The Kier molecular flexibility index (Phi) is 6.61. The summed E-state index contributed by atoms with van der Waals surface area (Å²) >= 11 is 0. The predicted octanol–water partition coefficient (Wildman–Crippen LogP) is 2.57. The zero-order valence-electron chi connectivity index (χ0n) is 20.4. The first-order valence-electron chi connectivity index (χ1n) is 12.6. The maximum atomic E-state index is 12.7. The average molecular weight is 515 g/mol. The highest BCUT2D eigenvalue weighted by Gasteiger charge is 2.59. The van der Waals surface area contributed by atoms with Crippen LogP contribution in [0.1, 0.15) is 55.2 Å². The standard InChI is InChI=1S/C27H34N2O6S/c1-27-11-10-21-20-9-5-18(30)12-17(20)4-8-22(21)23(27)13-24(31)26(27)35-25(32)15-29-14-16-2-6-19(7-3-16)36(28,33)34/h2-3,5-7,9,12,21-24,26,29-31H,4,8,10-11,13-15H2,1H3,(H2,28,33,34)/t21?,22?,23?,24-,26+,27+/m1/s1. The van der Waals surface area contributed by atoms with Gasteiger partial charge in [0.1, 0.15) is 11.9 Å². The molecule has 6 atom stereocenters. The number of ether oxygens (including phenoxy) is 1.